The Bertz CT molecular complexity index is 759. The van der Waals surface area contributed by atoms with Crippen molar-refractivity contribution < 1.29 is 17.9 Å². The van der Waals surface area contributed by atoms with E-state index < -0.39 is 16.0 Å². The third kappa shape index (κ3) is 3.34. The number of nitrogens with zero attached hydrogens (tertiary/aromatic N) is 1. The van der Waals surface area contributed by atoms with Crippen molar-refractivity contribution in [2.24, 2.45) is 0 Å². The normalized spacial score (nSPS) is 11.4. The SMILES string of the molecule is COC(=O)c1ccc(CNS(=O)(=O)c2c(C)n[nH]c2C)cc1. The van der Waals surface area contributed by atoms with Gasteiger partial charge in [0, 0.05) is 6.54 Å². The highest BCUT2D eigenvalue weighted by molar-refractivity contribution is 7.89. The summed E-state index contributed by atoms with van der Waals surface area (Å²) in [6.45, 7) is 3.40. The Kier molecular flexibility index (Phi) is 4.62. The lowest BCUT2D eigenvalue weighted by Crippen LogP contribution is -2.24. The van der Waals surface area contributed by atoms with Crippen molar-refractivity contribution >= 4 is 16.0 Å². The van der Waals surface area contributed by atoms with E-state index in [1.807, 2.05) is 0 Å². The summed E-state index contributed by atoms with van der Waals surface area (Å²) >= 11 is 0. The molecule has 7 nitrogen and oxygen atoms in total. The molecule has 0 bridgehead atoms. The number of carbonyl (C=O) groups is 1. The van der Waals surface area contributed by atoms with Gasteiger partial charge in [-0.3, -0.25) is 5.10 Å². The number of rotatable bonds is 5. The fourth-order valence-electron chi connectivity index (χ4n) is 2.06. The van der Waals surface area contributed by atoms with E-state index in [0.29, 0.717) is 17.0 Å². The van der Waals surface area contributed by atoms with Gasteiger partial charge in [0.15, 0.2) is 0 Å². The van der Waals surface area contributed by atoms with Gasteiger partial charge < -0.3 is 4.74 Å². The maximum absolute atomic E-state index is 12.3. The molecule has 0 unspecified atom stereocenters. The van der Waals surface area contributed by atoms with E-state index in [0.717, 1.165) is 5.56 Å². The van der Waals surface area contributed by atoms with Crippen LogP contribution in [-0.2, 0) is 21.3 Å². The summed E-state index contributed by atoms with van der Waals surface area (Å²) in [5.74, 6) is -0.434. The number of esters is 1. The second-order valence-corrected chi connectivity index (χ2v) is 6.48. The van der Waals surface area contributed by atoms with E-state index in [2.05, 4.69) is 19.7 Å². The molecule has 0 spiro atoms. The summed E-state index contributed by atoms with van der Waals surface area (Å²) < 4.78 is 31.7. The molecule has 0 radical (unpaired) electrons. The predicted molar refractivity (Wildman–Crippen MR) is 79.9 cm³/mol. The molecule has 0 aliphatic heterocycles. The molecule has 2 rings (SSSR count). The largest absolute Gasteiger partial charge is 0.465 e. The quantitative estimate of drug-likeness (QED) is 0.808. The van der Waals surface area contributed by atoms with Gasteiger partial charge in [0.1, 0.15) is 4.90 Å². The highest BCUT2D eigenvalue weighted by atomic mass is 32.2. The molecule has 0 aliphatic carbocycles. The average Bonchev–Trinajstić information content (AvgIpc) is 2.84. The Morgan fingerprint density at radius 3 is 2.41 bits per heavy atom. The average molecular weight is 323 g/mol. The molecule has 0 amide bonds. The Morgan fingerprint density at radius 2 is 1.91 bits per heavy atom. The van der Waals surface area contributed by atoms with Crippen molar-refractivity contribution in [2.45, 2.75) is 25.3 Å². The van der Waals surface area contributed by atoms with Crippen LogP contribution in [0.2, 0.25) is 0 Å². The number of hydrogen-bond donors (Lipinski definition) is 2. The summed E-state index contributed by atoms with van der Waals surface area (Å²) in [6, 6.07) is 6.52. The summed E-state index contributed by atoms with van der Waals surface area (Å²) in [6.07, 6.45) is 0. The van der Waals surface area contributed by atoms with Crippen LogP contribution in [0.4, 0.5) is 0 Å². The first-order chi connectivity index (χ1) is 10.3. The molecule has 2 N–H and O–H groups in total. The van der Waals surface area contributed by atoms with E-state index in [-0.39, 0.29) is 11.4 Å². The van der Waals surface area contributed by atoms with Crippen LogP contribution < -0.4 is 4.72 Å². The number of carbonyl (C=O) groups excluding carboxylic acids is 1. The van der Waals surface area contributed by atoms with Crippen LogP contribution in [0.15, 0.2) is 29.2 Å². The van der Waals surface area contributed by atoms with Gasteiger partial charge in [-0.15, -0.1) is 0 Å². The third-order valence-corrected chi connectivity index (χ3v) is 4.83. The first kappa shape index (κ1) is 16.2. The molecule has 0 saturated carbocycles. The number of H-pyrrole nitrogens is 1. The lowest BCUT2D eigenvalue weighted by molar-refractivity contribution is 0.0600. The van der Waals surface area contributed by atoms with Gasteiger partial charge in [0.05, 0.1) is 24.1 Å². The van der Waals surface area contributed by atoms with Crippen molar-refractivity contribution in [2.75, 3.05) is 7.11 Å². The maximum atomic E-state index is 12.3. The van der Waals surface area contributed by atoms with Crippen molar-refractivity contribution in [3.8, 4) is 0 Å². The standard InChI is InChI=1S/C14H17N3O4S/c1-9-13(10(2)17-16-9)22(19,20)15-8-11-4-6-12(7-5-11)14(18)21-3/h4-7,15H,8H2,1-3H3,(H,16,17). The van der Waals surface area contributed by atoms with Gasteiger partial charge in [-0.25, -0.2) is 17.9 Å². The van der Waals surface area contributed by atoms with Gasteiger partial charge in [-0.1, -0.05) is 12.1 Å². The van der Waals surface area contributed by atoms with Gasteiger partial charge in [-0.05, 0) is 31.5 Å². The summed E-state index contributed by atoms with van der Waals surface area (Å²) in [5, 5.41) is 6.53. The second kappa shape index (κ2) is 6.29. The molecule has 22 heavy (non-hydrogen) atoms. The Morgan fingerprint density at radius 1 is 1.27 bits per heavy atom. The van der Waals surface area contributed by atoms with E-state index in [1.54, 1.807) is 38.1 Å². The minimum absolute atomic E-state index is 0.119. The van der Waals surface area contributed by atoms with Crippen LogP contribution in [0.3, 0.4) is 0 Å². The Labute approximate surface area is 128 Å². The highest BCUT2D eigenvalue weighted by Crippen LogP contribution is 2.16. The minimum Gasteiger partial charge on any atom is -0.465 e. The zero-order valence-electron chi connectivity index (χ0n) is 12.5. The number of methoxy groups -OCH3 is 1. The molecule has 1 aromatic carbocycles. The van der Waals surface area contributed by atoms with Gasteiger partial charge in [-0.2, -0.15) is 5.10 Å². The molecule has 8 heteroatoms. The maximum Gasteiger partial charge on any atom is 0.337 e. The predicted octanol–water partition coefficient (Wildman–Crippen LogP) is 1.29. The smallest absolute Gasteiger partial charge is 0.337 e. The van der Waals surface area contributed by atoms with E-state index in [9.17, 15) is 13.2 Å². The topological polar surface area (TPSA) is 101 Å². The number of aromatic nitrogens is 2. The van der Waals surface area contributed by atoms with Crippen LogP contribution in [0.25, 0.3) is 0 Å². The summed E-state index contributed by atoms with van der Waals surface area (Å²) in [7, 11) is -2.34. The number of benzene rings is 1. The molecule has 1 heterocycles. The number of aromatic amines is 1. The lowest BCUT2D eigenvalue weighted by Gasteiger charge is -2.07. The molecular weight excluding hydrogens is 306 g/mol. The van der Waals surface area contributed by atoms with Crippen LogP contribution >= 0.6 is 0 Å². The van der Waals surface area contributed by atoms with E-state index >= 15 is 0 Å². The number of nitrogens with one attached hydrogen (secondary N) is 2. The molecule has 2 aromatic rings. The van der Waals surface area contributed by atoms with E-state index in [4.69, 9.17) is 0 Å². The molecule has 1 aromatic heterocycles. The van der Waals surface area contributed by atoms with Gasteiger partial charge in [0.25, 0.3) is 0 Å². The molecule has 118 valence electrons. The van der Waals surface area contributed by atoms with Crippen LogP contribution in [0.1, 0.15) is 27.3 Å². The number of hydrogen-bond acceptors (Lipinski definition) is 5. The minimum atomic E-state index is -3.64. The second-order valence-electron chi connectivity index (χ2n) is 4.78. The Balaban J connectivity index is 2.11. The molecule has 0 fully saturated rings. The number of ether oxygens (including phenoxy) is 1. The molecule has 0 atom stereocenters. The number of sulfonamides is 1. The summed E-state index contributed by atoms with van der Waals surface area (Å²) in [5.41, 5.74) is 2.06. The van der Waals surface area contributed by atoms with Gasteiger partial charge >= 0.3 is 5.97 Å². The molecule has 0 saturated heterocycles. The molecular formula is C14H17N3O4S. The summed E-state index contributed by atoms with van der Waals surface area (Å²) in [4.78, 5) is 11.5. The third-order valence-electron chi connectivity index (χ3n) is 3.17. The fraction of sp³-hybridized carbons (Fsp3) is 0.286. The molecule has 0 aliphatic rings. The van der Waals surface area contributed by atoms with E-state index in [1.165, 1.54) is 7.11 Å². The van der Waals surface area contributed by atoms with Crippen LogP contribution in [-0.4, -0.2) is 31.7 Å². The zero-order valence-corrected chi connectivity index (χ0v) is 13.3. The van der Waals surface area contributed by atoms with Gasteiger partial charge in [0.2, 0.25) is 10.0 Å². The van der Waals surface area contributed by atoms with Crippen LogP contribution in [0.5, 0.6) is 0 Å². The zero-order chi connectivity index (χ0) is 16.3. The highest BCUT2D eigenvalue weighted by Gasteiger charge is 2.21. The number of aryl methyl sites for hydroxylation is 2. The van der Waals surface area contributed by atoms with Crippen molar-refractivity contribution in [1.82, 2.24) is 14.9 Å². The monoisotopic (exact) mass is 323 g/mol. The fourth-order valence-corrected chi connectivity index (χ4v) is 3.45. The van der Waals surface area contributed by atoms with Crippen molar-refractivity contribution in [3.05, 3.63) is 46.8 Å². The van der Waals surface area contributed by atoms with Crippen molar-refractivity contribution in [3.63, 3.8) is 0 Å². The Hall–Kier alpha value is -2.19. The van der Waals surface area contributed by atoms with Crippen molar-refractivity contribution in [1.29, 1.82) is 0 Å². The first-order valence-corrected chi connectivity index (χ1v) is 8.02. The van der Waals surface area contributed by atoms with Crippen LogP contribution in [0, 0.1) is 13.8 Å². The first-order valence-electron chi connectivity index (χ1n) is 6.53. The lowest BCUT2D eigenvalue weighted by atomic mass is 10.1.